The summed E-state index contributed by atoms with van der Waals surface area (Å²) < 4.78 is 0. The van der Waals surface area contributed by atoms with Crippen LogP contribution in [0.4, 0.5) is 0 Å². The number of aliphatic carboxylic acids is 1. The van der Waals surface area contributed by atoms with E-state index >= 15 is 0 Å². The molecule has 0 spiro atoms. The Hall–Kier alpha value is -0.950. The third kappa shape index (κ3) is 3.06. The first kappa shape index (κ1) is 25.7. The van der Waals surface area contributed by atoms with E-state index in [9.17, 15) is 30.3 Å². The fourth-order valence-corrected chi connectivity index (χ4v) is 10.4. The van der Waals surface area contributed by atoms with Gasteiger partial charge in [0.05, 0.1) is 18.1 Å². The van der Waals surface area contributed by atoms with Crippen LogP contribution in [0.5, 0.6) is 0 Å². The van der Waals surface area contributed by atoms with Crippen LogP contribution in [0, 0.1) is 44.8 Å². The molecule has 4 fully saturated rings. The lowest BCUT2D eigenvalue weighted by Crippen LogP contribution is -2.68. The van der Waals surface area contributed by atoms with E-state index in [2.05, 4.69) is 33.8 Å². The SMILES string of the molecule is C[C@@]1(CO)CC[C@]2(C(=O)O)CC[C@]3(C)C(=CC[C@@H]4[C@@]5(C)CC[C@H](O)[C@@](O)(CO)[C@@H]5CC[C@]43C)[C@@H]2C1. The van der Waals surface area contributed by atoms with Gasteiger partial charge in [0, 0.05) is 6.61 Å². The number of fused-ring (bicyclic) bond motifs is 7. The quantitative estimate of drug-likeness (QED) is 0.383. The van der Waals surface area contributed by atoms with Crippen LogP contribution >= 0.6 is 0 Å². The molecule has 0 heterocycles. The van der Waals surface area contributed by atoms with E-state index in [1.165, 1.54) is 5.57 Å². The van der Waals surface area contributed by atoms with Crippen LogP contribution in [0.25, 0.3) is 0 Å². The predicted molar refractivity (Wildman–Crippen MR) is 132 cm³/mol. The predicted octanol–water partition coefficient (Wildman–Crippen LogP) is 3.90. The van der Waals surface area contributed by atoms with E-state index in [1.807, 2.05) is 0 Å². The molecule has 5 aliphatic carbocycles. The highest BCUT2D eigenvalue weighted by Crippen LogP contribution is 2.75. The monoisotopic (exact) mass is 490 g/mol. The molecule has 0 aromatic rings. The van der Waals surface area contributed by atoms with Gasteiger partial charge in [0.25, 0.3) is 0 Å². The summed E-state index contributed by atoms with van der Waals surface area (Å²) in [5, 5.41) is 52.9. The standard InChI is InChI=1S/C29H46O6/c1-24(16-30)11-13-28(23(33)34)14-12-26(3)18(19(28)15-24)5-6-20-25(2)9-8-22(32)29(35,17-31)21(25)7-10-27(20,26)4/h5,19-22,30-32,35H,6-17H2,1-4H3,(H,33,34)/t19-,20+,21+,22-,24+,25+,26+,27+,28-,29+/m0/s1. The van der Waals surface area contributed by atoms with Crippen molar-refractivity contribution in [3.63, 3.8) is 0 Å². The van der Waals surface area contributed by atoms with E-state index in [4.69, 9.17) is 0 Å². The summed E-state index contributed by atoms with van der Waals surface area (Å²) >= 11 is 0. The van der Waals surface area contributed by atoms with Gasteiger partial charge in [-0.2, -0.15) is 0 Å². The van der Waals surface area contributed by atoms with E-state index in [0.29, 0.717) is 31.6 Å². The molecule has 10 atom stereocenters. The van der Waals surface area contributed by atoms with Crippen molar-refractivity contribution in [1.29, 1.82) is 0 Å². The lowest BCUT2D eigenvalue weighted by atomic mass is 9.34. The number of aliphatic hydroxyl groups excluding tert-OH is 3. The summed E-state index contributed by atoms with van der Waals surface area (Å²) in [6, 6.07) is 0. The molecule has 0 aromatic carbocycles. The average Bonchev–Trinajstić information content (AvgIpc) is 2.82. The lowest BCUT2D eigenvalue weighted by molar-refractivity contribution is -0.249. The second-order valence-corrected chi connectivity index (χ2v) is 14.2. The van der Waals surface area contributed by atoms with Gasteiger partial charge in [-0.3, -0.25) is 4.79 Å². The van der Waals surface area contributed by atoms with Crippen molar-refractivity contribution in [2.24, 2.45) is 44.8 Å². The molecule has 0 saturated heterocycles. The molecule has 0 radical (unpaired) electrons. The summed E-state index contributed by atoms with van der Waals surface area (Å²) in [5.41, 5.74) is -1.55. The Balaban J connectivity index is 1.59. The molecule has 5 aliphatic rings. The summed E-state index contributed by atoms with van der Waals surface area (Å²) in [4.78, 5) is 12.8. The summed E-state index contributed by atoms with van der Waals surface area (Å²) in [5.74, 6) is -0.606. The third-order valence-electron chi connectivity index (χ3n) is 13.0. The zero-order valence-corrected chi connectivity index (χ0v) is 22.0. The Morgan fingerprint density at radius 1 is 0.943 bits per heavy atom. The number of carboxylic acid groups (broad SMARTS) is 1. The molecule has 4 saturated carbocycles. The third-order valence-corrected chi connectivity index (χ3v) is 13.0. The zero-order valence-electron chi connectivity index (χ0n) is 22.0. The van der Waals surface area contributed by atoms with Gasteiger partial charge in [-0.15, -0.1) is 0 Å². The molecule has 6 nitrogen and oxygen atoms in total. The Bertz CT molecular complexity index is 932. The zero-order chi connectivity index (χ0) is 25.7. The Kier molecular flexibility index (Phi) is 5.71. The minimum atomic E-state index is -1.46. The van der Waals surface area contributed by atoms with Crippen LogP contribution in [0.15, 0.2) is 11.6 Å². The van der Waals surface area contributed by atoms with E-state index < -0.39 is 29.7 Å². The molecule has 5 N–H and O–H groups in total. The van der Waals surface area contributed by atoms with Crippen LogP contribution in [0.1, 0.15) is 91.9 Å². The van der Waals surface area contributed by atoms with Crippen LogP contribution in [0.2, 0.25) is 0 Å². The van der Waals surface area contributed by atoms with Gasteiger partial charge >= 0.3 is 5.97 Å². The van der Waals surface area contributed by atoms with E-state index in [1.54, 1.807) is 0 Å². The summed E-state index contributed by atoms with van der Waals surface area (Å²) in [7, 11) is 0. The minimum absolute atomic E-state index is 0.0568. The fraction of sp³-hybridized carbons (Fsp3) is 0.897. The highest BCUT2D eigenvalue weighted by Gasteiger charge is 2.70. The highest BCUT2D eigenvalue weighted by molar-refractivity contribution is 5.76. The number of hydrogen-bond donors (Lipinski definition) is 5. The van der Waals surface area contributed by atoms with Crippen molar-refractivity contribution >= 4 is 5.97 Å². The Morgan fingerprint density at radius 3 is 2.26 bits per heavy atom. The molecule has 198 valence electrons. The van der Waals surface area contributed by atoms with Crippen LogP contribution in [0.3, 0.4) is 0 Å². The molecule has 0 aromatic heterocycles. The van der Waals surface area contributed by atoms with Crippen molar-refractivity contribution in [2.75, 3.05) is 13.2 Å². The second-order valence-electron chi connectivity index (χ2n) is 14.2. The van der Waals surface area contributed by atoms with Gasteiger partial charge in [-0.05, 0) is 104 Å². The molecule has 0 amide bonds. The number of carbonyl (C=O) groups is 1. The largest absolute Gasteiger partial charge is 0.481 e. The molecule has 0 aliphatic heterocycles. The van der Waals surface area contributed by atoms with Crippen LogP contribution < -0.4 is 0 Å². The van der Waals surface area contributed by atoms with Crippen molar-refractivity contribution in [3.05, 3.63) is 11.6 Å². The number of hydrogen-bond acceptors (Lipinski definition) is 5. The number of carboxylic acids is 1. The minimum Gasteiger partial charge on any atom is -0.481 e. The van der Waals surface area contributed by atoms with E-state index in [0.717, 1.165) is 38.5 Å². The van der Waals surface area contributed by atoms with Crippen LogP contribution in [-0.2, 0) is 4.79 Å². The van der Waals surface area contributed by atoms with Crippen molar-refractivity contribution in [2.45, 2.75) is 104 Å². The topological polar surface area (TPSA) is 118 Å². The first-order valence-corrected chi connectivity index (χ1v) is 13.8. The Labute approximate surface area is 209 Å². The maximum Gasteiger partial charge on any atom is 0.310 e. The van der Waals surface area contributed by atoms with Gasteiger partial charge in [-0.25, -0.2) is 0 Å². The average molecular weight is 491 g/mol. The van der Waals surface area contributed by atoms with Crippen molar-refractivity contribution in [1.82, 2.24) is 0 Å². The van der Waals surface area contributed by atoms with Crippen molar-refractivity contribution in [3.8, 4) is 0 Å². The number of aliphatic hydroxyl groups is 4. The maximum absolute atomic E-state index is 12.8. The number of allylic oxidation sites excluding steroid dienone is 2. The van der Waals surface area contributed by atoms with Crippen molar-refractivity contribution < 1.29 is 30.3 Å². The summed E-state index contributed by atoms with van der Waals surface area (Å²) in [6.07, 6.45) is 8.86. The first-order chi connectivity index (χ1) is 16.3. The van der Waals surface area contributed by atoms with E-state index in [-0.39, 0.29) is 40.1 Å². The second kappa shape index (κ2) is 7.78. The molecular formula is C29H46O6. The fourth-order valence-electron chi connectivity index (χ4n) is 10.4. The van der Waals surface area contributed by atoms with Gasteiger partial charge in [-0.1, -0.05) is 39.3 Å². The molecule has 0 bridgehead atoms. The normalized spacial score (nSPS) is 55.6. The molecule has 6 heteroatoms. The highest BCUT2D eigenvalue weighted by atomic mass is 16.4. The summed E-state index contributed by atoms with van der Waals surface area (Å²) in [6.45, 7) is 8.80. The van der Waals surface area contributed by atoms with Gasteiger partial charge in [0.1, 0.15) is 5.60 Å². The van der Waals surface area contributed by atoms with Crippen LogP contribution in [-0.4, -0.2) is 56.4 Å². The smallest absolute Gasteiger partial charge is 0.310 e. The first-order valence-electron chi connectivity index (χ1n) is 13.8. The van der Waals surface area contributed by atoms with Gasteiger partial charge in [0.2, 0.25) is 0 Å². The maximum atomic E-state index is 12.8. The Morgan fingerprint density at radius 2 is 1.63 bits per heavy atom. The molecule has 0 unspecified atom stereocenters. The van der Waals surface area contributed by atoms with Gasteiger partial charge < -0.3 is 25.5 Å². The molecular weight excluding hydrogens is 444 g/mol. The number of rotatable bonds is 3. The molecule has 35 heavy (non-hydrogen) atoms. The molecule has 5 rings (SSSR count). The lowest BCUT2D eigenvalue weighted by Gasteiger charge is -2.70. The van der Waals surface area contributed by atoms with Gasteiger partial charge in [0.15, 0.2) is 0 Å².